The Labute approximate surface area is 225 Å². The summed E-state index contributed by atoms with van der Waals surface area (Å²) in [7, 11) is 0. The number of allylic oxidation sites excluding steroid dienone is 1. The van der Waals surface area contributed by atoms with Crippen LogP contribution in [0.2, 0.25) is 0 Å². The predicted octanol–water partition coefficient (Wildman–Crippen LogP) is 6.55. The Kier molecular flexibility index (Phi) is 7.76. The SMILES string of the molecule is C=C(C=Nc1cc(-c2ccc(Oc3cc(C#N)c(OC4CC4)c(CC)c3)cc2)ccc1C)N1CCNCC1. The summed E-state index contributed by atoms with van der Waals surface area (Å²) in [5, 5.41) is 13.1. The van der Waals surface area contributed by atoms with Crippen molar-refractivity contribution < 1.29 is 9.47 Å². The van der Waals surface area contributed by atoms with Gasteiger partial charge in [0.25, 0.3) is 0 Å². The third kappa shape index (κ3) is 6.07. The molecule has 6 heteroatoms. The molecule has 1 N–H and O–H groups in total. The van der Waals surface area contributed by atoms with Crippen molar-refractivity contribution >= 4 is 11.9 Å². The van der Waals surface area contributed by atoms with Crippen molar-refractivity contribution in [3.05, 3.63) is 83.6 Å². The number of ether oxygens (including phenoxy) is 2. The van der Waals surface area contributed by atoms with E-state index in [1.54, 1.807) is 6.07 Å². The zero-order valence-corrected chi connectivity index (χ0v) is 22.2. The first-order valence-electron chi connectivity index (χ1n) is 13.4. The van der Waals surface area contributed by atoms with E-state index in [1.807, 2.05) is 36.5 Å². The topological polar surface area (TPSA) is 69.9 Å². The van der Waals surface area contributed by atoms with Crippen molar-refractivity contribution in [1.29, 1.82) is 5.26 Å². The van der Waals surface area contributed by atoms with Crippen LogP contribution in [0.4, 0.5) is 5.69 Å². The van der Waals surface area contributed by atoms with Crippen LogP contribution in [0.3, 0.4) is 0 Å². The van der Waals surface area contributed by atoms with Crippen molar-refractivity contribution in [2.24, 2.45) is 4.99 Å². The van der Waals surface area contributed by atoms with Gasteiger partial charge in [0.15, 0.2) is 0 Å². The van der Waals surface area contributed by atoms with E-state index in [2.05, 4.69) is 54.9 Å². The summed E-state index contributed by atoms with van der Waals surface area (Å²) in [6.07, 6.45) is 4.99. The van der Waals surface area contributed by atoms with Gasteiger partial charge in [-0.1, -0.05) is 37.8 Å². The Balaban J connectivity index is 1.30. The molecule has 1 heterocycles. The second-order valence-electron chi connectivity index (χ2n) is 9.86. The Morgan fingerprint density at radius 1 is 1.08 bits per heavy atom. The Bertz CT molecular complexity index is 1380. The molecule has 5 rings (SSSR count). The Morgan fingerprint density at radius 3 is 2.50 bits per heavy atom. The average molecular weight is 507 g/mol. The number of piperazine rings is 1. The third-order valence-corrected chi connectivity index (χ3v) is 6.96. The van der Waals surface area contributed by atoms with E-state index in [0.29, 0.717) is 22.8 Å². The van der Waals surface area contributed by atoms with Gasteiger partial charge in [-0.15, -0.1) is 0 Å². The van der Waals surface area contributed by atoms with Crippen LogP contribution in [0, 0.1) is 18.3 Å². The Hall–Kier alpha value is -4.08. The van der Waals surface area contributed by atoms with Gasteiger partial charge < -0.3 is 19.7 Å². The number of aliphatic imine (C=N–C) groups is 1. The highest BCUT2D eigenvalue weighted by Crippen LogP contribution is 2.36. The average Bonchev–Trinajstić information content (AvgIpc) is 3.78. The van der Waals surface area contributed by atoms with E-state index in [9.17, 15) is 5.26 Å². The first-order chi connectivity index (χ1) is 18.5. The van der Waals surface area contributed by atoms with Crippen LogP contribution in [-0.2, 0) is 6.42 Å². The summed E-state index contributed by atoms with van der Waals surface area (Å²) in [5.74, 6) is 2.06. The number of hydrogen-bond donors (Lipinski definition) is 1. The lowest BCUT2D eigenvalue weighted by molar-refractivity contribution is 0.298. The van der Waals surface area contributed by atoms with Gasteiger partial charge in [0, 0.05) is 37.9 Å². The van der Waals surface area contributed by atoms with Crippen molar-refractivity contribution in [1.82, 2.24) is 10.2 Å². The molecule has 194 valence electrons. The van der Waals surface area contributed by atoms with E-state index in [-0.39, 0.29) is 6.10 Å². The van der Waals surface area contributed by atoms with Crippen LogP contribution in [-0.4, -0.2) is 43.4 Å². The predicted molar refractivity (Wildman–Crippen MR) is 153 cm³/mol. The van der Waals surface area contributed by atoms with Gasteiger partial charge in [0.1, 0.15) is 23.3 Å². The van der Waals surface area contributed by atoms with E-state index in [4.69, 9.17) is 14.5 Å². The van der Waals surface area contributed by atoms with Crippen LogP contribution in [0.15, 0.2) is 71.9 Å². The fraction of sp³-hybridized carbons (Fsp3) is 0.312. The molecule has 1 saturated heterocycles. The number of aryl methyl sites for hydroxylation is 2. The number of nitrogens with zero attached hydrogens (tertiary/aromatic N) is 3. The molecule has 0 aromatic heterocycles. The molecule has 1 aliphatic carbocycles. The van der Waals surface area contributed by atoms with Gasteiger partial charge in [-0.25, -0.2) is 0 Å². The normalized spacial score (nSPS) is 15.3. The summed E-state index contributed by atoms with van der Waals surface area (Å²) < 4.78 is 12.2. The van der Waals surface area contributed by atoms with Crippen molar-refractivity contribution in [3.8, 4) is 34.4 Å². The maximum absolute atomic E-state index is 9.70. The number of benzene rings is 3. The fourth-order valence-corrected chi connectivity index (χ4v) is 4.51. The zero-order chi connectivity index (χ0) is 26.5. The molecule has 0 amide bonds. The molecule has 1 saturated carbocycles. The van der Waals surface area contributed by atoms with E-state index in [0.717, 1.165) is 79.1 Å². The fourth-order valence-electron chi connectivity index (χ4n) is 4.51. The van der Waals surface area contributed by atoms with Gasteiger partial charge in [-0.3, -0.25) is 4.99 Å². The largest absolute Gasteiger partial charge is 0.489 e. The molecular formula is C32H34N4O2. The highest BCUT2D eigenvalue weighted by molar-refractivity contribution is 5.81. The Morgan fingerprint density at radius 2 is 1.82 bits per heavy atom. The number of nitriles is 1. The molecule has 3 aromatic carbocycles. The molecule has 3 aromatic rings. The van der Waals surface area contributed by atoms with E-state index >= 15 is 0 Å². The first-order valence-corrected chi connectivity index (χ1v) is 13.4. The quantitative estimate of drug-likeness (QED) is 0.333. The van der Waals surface area contributed by atoms with E-state index < -0.39 is 0 Å². The van der Waals surface area contributed by atoms with Crippen molar-refractivity contribution in [3.63, 3.8) is 0 Å². The molecule has 0 bridgehead atoms. The van der Waals surface area contributed by atoms with E-state index in [1.165, 1.54) is 0 Å². The summed E-state index contributed by atoms with van der Waals surface area (Å²) in [6, 6.07) is 20.3. The number of hydrogen-bond acceptors (Lipinski definition) is 6. The molecular weight excluding hydrogens is 472 g/mol. The monoisotopic (exact) mass is 506 g/mol. The van der Waals surface area contributed by atoms with Crippen molar-refractivity contribution in [2.45, 2.75) is 39.2 Å². The maximum atomic E-state index is 9.70. The minimum Gasteiger partial charge on any atom is -0.489 e. The lowest BCUT2D eigenvalue weighted by atomic mass is 10.0. The molecule has 38 heavy (non-hydrogen) atoms. The van der Waals surface area contributed by atoms with Gasteiger partial charge in [-0.05, 0) is 72.7 Å². The molecule has 0 radical (unpaired) electrons. The van der Waals surface area contributed by atoms with Crippen LogP contribution in [0.25, 0.3) is 11.1 Å². The summed E-state index contributed by atoms with van der Waals surface area (Å²) >= 11 is 0. The zero-order valence-electron chi connectivity index (χ0n) is 22.2. The van der Waals surface area contributed by atoms with Gasteiger partial charge in [0.05, 0.1) is 23.6 Å². The molecule has 2 aliphatic rings. The molecule has 2 fully saturated rings. The lowest BCUT2D eigenvalue weighted by Crippen LogP contribution is -2.42. The third-order valence-electron chi connectivity index (χ3n) is 6.96. The summed E-state index contributed by atoms with van der Waals surface area (Å²) in [4.78, 5) is 7.01. The summed E-state index contributed by atoms with van der Waals surface area (Å²) in [6.45, 7) is 12.2. The minimum absolute atomic E-state index is 0.241. The first kappa shape index (κ1) is 25.6. The van der Waals surface area contributed by atoms with Gasteiger partial charge in [-0.2, -0.15) is 5.26 Å². The maximum Gasteiger partial charge on any atom is 0.140 e. The molecule has 6 nitrogen and oxygen atoms in total. The second kappa shape index (κ2) is 11.5. The summed E-state index contributed by atoms with van der Waals surface area (Å²) in [5.41, 5.74) is 6.68. The van der Waals surface area contributed by atoms with Crippen LogP contribution >= 0.6 is 0 Å². The molecule has 1 aliphatic heterocycles. The highest BCUT2D eigenvalue weighted by Gasteiger charge is 2.26. The lowest BCUT2D eigenvalue weighted by Gasteiger charge is -2.29. The van der Waals surface area contributed by atoms with Crippen LogP contribution in [0.1, 0.15) is 36.5 Å². The second-order valence-corrected chi connectivity index (χ2v) is 9.86. The van der Waals surface area contributed by atoms with Gasteiger partial charge in [0.2, 0.25) is 0 Å². The standard InChI is InChI=1S/C32H34N4O2/c1-4-24-17-30(18-27(20-33)32(24)38-29-11-12-29)37-28-9-7-25(8-10-28)26-6-5-22(2)31(19-26)35-21-23(3)36-15-13-34-14-16-36/h5-10,17-19,21,29,34H,3-4,11-16H2,1-2H3. The number of rotatable bonds is 9. The van der Waals surface area contributed by atoms with Crippen LogP contribution in [0.5, 0.6) is 17.2 Å². The minimum atomic E-state index is 0.241. The van der Waals surface area contributed by atoms with Crippen LogP contribution < -0.4 is 14.8 Å². The highest BCUT2D eigenvalue weighted by atomic mass is 16.5. The molecule has 0 atom stereocenters. The molecule has 0 unspecified atom stereocenters. The smallest absolute Gasteiger partial charge is 0.140 e. The van der Waals surface area contributed by atoms with Crippen molar-refractivity contribution in [2.75, 3.05) is 26.2 Å². The molecule has 0 spiro atoms. The van der Waals surface area contributed by atoms with Gasteiger partial charge >= 0.3 is 0 Å². The number of nitrogens with one attached hydrogen (secondary N) is 1.